The van der Waals surface area contributed by atoms with Crippen molar-refractivity contribution in [2.45, 2.75) is 76.7 Å². The third-order valence-electron chi connectivity index (χ3n) is 7.23. The van der Waals surface area contributed by atoms with Crippen molar-refractivity contribution in [2.75, 3.05) is 13.1 Å². The molecule has 1 amide bonds. The van der Waals surface area contributed by atoms with Crippen LogP contribution in [0.4, 0.5) is 4.79 Å². The number of rotatable bonds is 9. The SMILES string of the molecule is CC(C)(C)[C@](C=O)(CN1C[C@H](Oc2ccnc(-c3nccs3)c2)C[C@H]1C(=O)O)NC(=O)OC1CCCC1. The second-order valence-corrected chi connectivity index (χ2v) is 11.6. The third kappa shape index (κ3) is 6.27. The summed E-state index contributed by atoms with van der Waals surface area (Å²) < 4.78 is 11.7. The smallest absolute Gasteiger partial charge is 0.408 e. The van der Waals surface area contributed by atoms with Gasteiger partial charge in [0.05, 0.1) is 0 Å². The minimum atomic E-state index is -1.36. The van der Waals surface area contributed by atoms with E-state index in [1.807, 2.05) is 26.2 Å². The average molecular weight is 531 g/mol. The number of aldehydes is 1. The molecule has 0 unspecified atom stereocenters. The number of amides is 1. The van der Waals surface area contributed by atoms with Crippen LogP contribution in [0.2, 0.25) is 0 Å². The molecule has 2 aromatic rings. The summed E-state index contributed by atoms with van der Waals surface area (Å²) in [5.41, 5.74) is -1.39. The summed E-state index contributed by atoms with van der Waals surface area (Å²) in [6, 6.07) is 2.63. The van der Waals surface area contributed by atoms with Gasteiger partial charge in [0.2, 0.25) is 0 Å². The van der Waals surface area contributed by atoms with Crippen molar-refractivity contribution in [2.24, 2.45) is 5.41 Å². The Kier molecular flexibility index (Phi) is 8.13. The summed E-state index contributed by atoms with van der Waals surface area (Å²) in [4.78, 5) is 47.8. The molecule has 0 aromatic carbocycles. The number of pyridine rings is 1. The summed E-state index contributed by atoms with van der Waals surface area (Å²) in [6.07, 6.45) is 6.66. The number of carbonyl (C=O) groups excluding carboxylic acids is 2. The molecule has 2 aromatic heterocycles. The van der Waals surface area contributed by atoms with E-state index in [9.17, 15) is 19.5 Å². The number of hydrogen-bond acceptors (Lipinski definition) is 9. The van der Waals surface area contributed by atoms with Crippen LogP contribution in [0.3, 0.4) is 0 Å². The highest BCUT2D eigenvalue weighted by Crippen LogP contribution is 2.34. The Hall–Kier alpha value is -3.05. The zero-order valence-electron chi connectivity index (χ0n) is 21.4. The van der Waals surface area contributed by atoms with E-state index in [4.69, 9.17) is 9.47 Å². The number of carbonyl (C=O) groups is 3. The molecule has 0 spiro atoms. The largest absolute Gasteiger partial charge is 0.489 e. The van der Waals surface area contributed by atoms with Crippen LogP contribution in [0.15, 0.2) is 29.9 Å². The molecule has 1 saturated heterocycles. The maximum absolute atomic E-state index is 12.8. The number of nitrogens with zero attached hydrogens (tertiary/aromatic N) is 3. The van der Waals surface area contributed by atoms with Gasteiger partial charge in [0.15, 0.2) is 0 Å². The van der Waals surface area contributed by atoms with Crippen molar-refractivity contribution >= 4 is 29.7 Å². The fraction of sp³-hybridized carbons (Fsp3) is 0.577. The van der Waals surface area contributed by atoms with E-state index < -0.39 is 35.2 Å². The maximum Gasteiger partial charge on any atom is 0.408 e. The number of aromatic nitrogens is 2. The molecule has 2 aliphatic rings. The van der Waals surface area contributed by atoms with E-state index in [2.05, 4.69) is 15.3 Å². The van der Waals surface area contributed by atoms with Crippen LogP contribution in [0.1, 0.15) is 52.9 Å². The summed E-state index contributed by atoms with van der Waals surface area (Å²) in [6.45, 7) is 5.81. The molecule has 1 saturated carbocycles. The molecule has 200 valence electrons. The zero-order valence-corrected chi connectivity index (χ0v) is 22.2. The number of thiazole rings is 1. The Morgan fingerprint density at radius 2 is 1.97 bits per heavy atom. The van der Waals surface area contributed by atoms with Gasteiger partial charge in [-0.05, 0) is 37.2 Å². The fourth-order valence-corrected chi connectivity index (χ4v) is 5.52. The number of hydrogen-bond donors (Lipinski definition) is 2. The predicted octanol–water partition coefficient (Wildman–Crippen LogP) is 3.76. The van der Waals surface area contributed by atoms with Gasteiger partial charge in [0.25, 0.3) is 0 Å². The van der Waals surface area contributed by atoms with Crippen LogP contribution >= 0.6 is 11.3 Å². The number of aliphatic carboxylic acids is 1. The van der Waals surface area contributed by atoms with Crippen molar-refractivity contribution in [3.8, 4) is 16.5 Å². The molecular weight excluding hydrogens is 496 g/mol. The Bertz CT molecular complexity index is 1100. The second-order valence-electron chi connectivity index (χ2n) is 10.7. The molecule has 0 radical (unpaired) electrons. The van der Waals surface area contributed by atoms with Crippen LogP contribution in [0.25, 0.3) is 10.7 Å². The quantitative estimate of drug-likeness (QED) is 0.465. The molecule has 1 aliphatic heterocycles. The molecule has 2 fully saturated rings. The summed E-state index contributed by atoms with van der Waals surface area (Å²) in [7, 11) is 0. The number of ether oxygens (including phenoxy) is 2. The first-order chi connectivity index (χ1) is 17.6. The summed E-state index contributed by atoms with van der Waals surface area (Å²) in [5.74, 6) is -0.446. The monoisotopic (exact) mass is 530 g/mol. The Balaban J connectivity index is 1.49. The van der Waals surface area contributed by atoms with Crippen molar-refractivity contribution in [1.82, 2.24) is 20.2 Å². The number of nitrogens with one attached hydrogen (secondary N) is 1. The lowest BCUT2D eigenvalue weighted by atomic mass is 9.74. The first-order valence-corrected chi connectivity index (χ1v) is 13.4. The minimum absolute atomic E-state index is 0.0112. The van der Waals surface area contributed by atoms with Crippen LogP contribution in [-0.2, 0) is 14.3 Å². The van der Waals surface area contributed by atoms with Gasteiger partial charge in [-0.1, -0.05) is 20.8 Å². The highest BCUT2D eigenvalue weighted by atomic mass is 32.1. The lowest BCUT2D eigenvalue weighted by Gasteiger charge is -2.43. The molecule has 10 nitrogen and oxygen atoms in total. The first-order valence-electron chi connectivity index (χ1n) is 12.5. The van der Waals surface area contributed by atoms with E-state index in [0.717, 1.165) is 30.7 Å². The third-order valence-corrected chi connectivity index (χ3v) is 8.02. The molecular formula is C26H34N4O6S. The lowest BCUT2D eigenvalue weighted by Crippen LogP contribution is -2.65. The molecule has 0 bridgehead atoms. The van der Waals surface area contributed by atoms with E-state index in [1.54, 1.807) is 29.4 Å². The van der Waals surface area contributed by atoms with E-state index in [0.29, 0.717) is 17.7 Å². The summed E-state index contributed by atoms with van der Waals surface area (Å²) in [5, 5.41) is 15.4. The Morgan fingerprint density at radius 3 is 2.59 bits per heavy atom. The lowest BCUT2D eigenvalue weighted by molar-refractivity contribution is -0.143. The number of alkyl carbamates (subject to hydrolysis) is 1. The minimum Gasteiger partial charge on any atom is -0.489 e. The van der Waals surface area contributed by atoms with Gasteiger partial charge in [-0.2, -0.15) is 0 Å². The normalized spacial score (nSPS) is 22.4. The summed E-state index contributed by atoms with van der Waals surface area (Å²) >= 11 is 1.46. The van der Waals surface area contributed by atoms with Crippen molar-refractivity contribution in [3.05, 3.63) is 29.9 Å². The van der Waals surface area contributed by atoms with Crippen LogP contribution in [-0.4, -0.2) is 75.2 Å². The second kappa shape index (κ2) is 11.1. The van der Waals surface area contributed by atoms with Gasteiger partial charge in [0.1, 0.15) is 46.5 Å². The van der Waals surface area contributed by atoms with Crippen molar-refractivity contribution in [1.29, 1.82) is 0 Å². The standard InChI is InChI=1S/C26H34N4O6S/c1-25(2,3)26(16-31,29-24(34)36-17-6-4-5-7-17)15-30-14-19(13-21(30)23(32)33)35-18-8-9-27-20(12-18)22-28-10-11-37-22/h8-12,16-17,19,21H,4-7,13-15H2,1-3H3,(H,29,34)(H,32,33)/t19-,21+,26-/m1/s1. The number of likely N-dealkylation sites (tertiary alicyclic amines) is 1. The molecule has 37 heavy (non-hydrogen) atoms. The van der Waals surface area contributed by atoms with Gasteiger partial charge in [0, 0.05) is 43.4 Å². The van der Waals surface area contributed by atoms with Gasteiger partial charge in [-0.3, -0.25) is 14.7 Å². The average Bonchev–Trinajstić information content (AvgIpc) is 3.61. The fourth-order valence-electron chi connectivity index (χ4n) is 4.92. The number of carboxylic acid groups (broad SMARTS) is 1. The van der Waals surface area contributed by atoms with E-state index in [-0.39, 0.29) is 25.6 Å². The molecule has 3 atom stereocenters. The Labute approximate surface area is 220 Å². The number of carboxylic acids is 1. The predicted molar refractivity (Wildman–Crippen MR) is 137 cm³/mol. The van der Waals surface area contributed by atoms with Crippen molar-refractivity contribution < 1.29 is 29.0 Å². The molecule has 1 aliphatic carbocycles. The van der Waals surface area contributed by atoms with Crippen molar-refractivity contribution in [3.63, 3.8) is 0 Å². The first kappa shape index (κ1) is 27.0. The van der Waals surface area contributed by atoms with Crippen LogP contribution in [0, 0.1) is 5.41 Å². The Morgan fingerprint density at radius 1 is 1.22 bits per heavy atom. The van der Waals surface area contributed by atoms with E-state index >= 15 is 0 Å². The highest BCUT2D eigenvalue weighted by molar-refractivity contribution is 7.13. The molecule has 11 heteroatoms. The topological polar surface area (TPSA) is 131 Å². The van der Waals surface area contributed by atoms with E-state index in [1.165, 1.54) is 11.3 Å². The van der Waals surface area contributed by atoms with Gasteiger partial charge in [-0.25, -0.2) is 9.78 Å². The molecule has 2 N–H and O–H groups in total. The molecule has 3 heterocycles. The van der Waals surface area contributed by atoms with Gasteiger partial charge >= 0.3 is 12.1 Å². The zero-order chi connectivity index (χ0) is 26.6. The maximum atomic E-state index is 12.8. The highest BCUT2D eigenvalue weighted by Gasteiger charge is 2.49. The van der Waals surface area contributed by atoms with Gasteiger partial charge < -0.3 is 24.7 Å². The molecule has 4 rings (SSSR count). The van der Waals surface area contributed by atoms with Crippen LogP contribution in [0.5, 0.6) is 5.75 Å². The van der Waals surface area contributed by atoms with Gasteiger partial charge in [-0.15, -0.1) is 11.3 Å². The van der Waals surface area contributed by atoms with Crippen LogP contribution < -0.4 is 10.1 Å².